The van der Waals surface area contributed by atoms with Gasteiger partial charge in [-0.3, -0.25) is 9.59 Å². The quantitative estimate of drug-likeness (QED) is 0.293. The number of carbonyl (C=O) groups excluding carboxylic acids is 3. The third kappa shape index (κ3) is 5.44. The molecular formula is C25H27Cl2NO8. The molecule has 2 aromatic carbocycles. The number of benzene rings is 2. The van der Waals surface area contributed by atoms with Gasteiger partial charge in [-0.05, 0) is 32.1 Å². The van der Waals surface area contributed by atoms with E-state index in [4.69, 9.17) is 32.7 Å². The van der Waals surface area contributed by atoms with Crippen LogP contribution in [0.4, 0.5) is 0 Å². The number of nitrogens with zero attached hydrogens (tertiary/aromatic N) is 1. The van der Waals surface area contributed by atoms with E-state index in [2.05, 4.69) is 4.74 Å². The number of phenols is 1. The van der Waals surface area contributed by atoms with Crippen molar-refractivity contribution < 1.29 is 38.8 Å². The number of halogens is 2. The number of methoxy groups -OCH3 is 3. The number of β-amino-alcohol motifs (C(OH)–C–C–N with tert-alkyl or cyclic N) is 1. The molecule has 2 N–H and O–H groups in total. The lowest BCUT2D eigenvalue weighted by atomic mass is 9.84. The highest BCUT2D eigenvalue weighted by molar-refractivity contribution is 6.38. The van der Waals surface area contributed by atoms with Gasteiger partial charge in [0.15, 0.2) is 11.6 Å². The van der Waals surface area contributed by atoms with Gasteiger partial charge in [-0.2, -0.15) is 0 Å². The number of likely N-dealkylation sites (N-methyl/N-ethyl adjacent to an activating group) is 1. The molecule has 0 bridgehead atoms. The van der Waals surface area contributed by atoms with Crippen LogP contribution in [-0.4, -0.2) is 80.2 Å². The van der Waals surface area contributed by atoms with E-state index in [0.717, 1.165) is 0 Å². The molecule has 9 nitrogen and oxygen atoms in total. The molecule has 2 atom stereocenters. The summed E-state index contributed by atoms with van der Waals surface area (Å²) >= 11 is 12.3. The van der Waals surface area contributed by atoms with Crippen molar-refractivity contribution >= 4 is 40.7 Å². The first kappa shape index (κ1) is 27.7. The molecule has 1 fully saturated rings. The second-order valence-electron chi connectivity index (χ2n) is 8.47. The number of aliphatic hydroxyl groups is 1. The first-order valence-corrected chi connectivity index (χ1v) is 11.8. The molecule has 0 aliphatic carbocycles. The molecule has 0 unspecified atom stereocenters. The third-order valence-corrected chi connectivity index (χ3v) is 6.85. The number of hydrogen-bond acceptors (Lipinski definition) is 9. The molecule has 194 valence electrons. The number of aromatic hydroxyl groups is 1. The number of carbonyl (C=O) groups is 3. The van der Waals surface area contributed by atoms with Gasteiger partial charge in [0.2, 0.25) is 0 Å². The largest absolute Gasteiger partial charge is 0.507 e. The normalized spacial score (nSPS) is 18.0. The van der Waals surface area contributed by atoms with E-state index in [9.17, 15) is 24.6 Å². The third-order valence-electron chi connectivity index (χ3n) is 6.22. The van der Waals surface area contributed by atoms with Crippen LogP contribution in [-0.2, 0) is 4.74 Å². The van der Waals surface area contributed by atoms with Crippen molar-refractivity contribution in [2.75, 3.05) is 41.5 Å². The van der Waals surface area contributed by atoms with Gasteiger partial charge in [0, 0.05) is 29.7 Å². The average Bonchev–Trinajstić information content (AvgIpc) is 2.84. The smallest absolute Gasteiger partial charge is 0.339 e. The van der Waals surface area contributed by atoms with Crippen LogP contribution in [0.3, 0.4) is 0 Å². The number of Topliss-reactive ketones (excluding diaryl/α,β-unsaturated/α-hetero) is 2. The molecule has 0 saturated carbocycles. The van der Waals surface area contributed by atoms with Crippen LogP contribution in [0.25, 0.3) is 0 Å². The minimum atomic E-state index is -0.809. The average molecular weight is 540 g/mol. The Labute approximate surface area is 218 Å². The molecule has 1 aliphatic heterocycles. The standard InChI is InChI=1S/C25H27Cl2NO8/c1-28-6-5-12(19(31)11-28)22-20(34-2)10-21(35-3)23(24(22)32)18(30)9-17(29)13-7-16(27)14(8-15(13)26)25(33)36-4/h7-8,10,12,19,31-32H,5-6,9,11H2,1-4H3/t12-,19+/m0/s1. The van der Waals surface area contributed by atoms with Crippen LogP contribution in [0, 0.1) is 0 Å². The molecule has 0 aromatic heterocycles. The number of aliphatic hydroxyl groups excluding tert-OH is 1. The molecule has 0 amide bonds. The molecule has 1 aliphatic rings. The Kier molecular flexibility index (Phi) is 8.84. The summed E-state index contributed by atoms with van der Waals surface area (Å²) in [6, 6.07) is 3.84. The summed E-state index contributed by atoms with van der Waals surface area (Å²) in [6.45, 7) is 1.04. The lowest BCUT2D eigenvalue weighted by Gasteiger charge is -2.35. The van der Waals surface area contributed by atoms with Gasteiger partial charge in [-0.1, -0.05) is 23.2 Å². The topological polar surface area (TPSA) is 123 Å². The fraction of sp³-hybridized carbons (Fsp3) is 0.400. The number of rotatable bonds is 8. The fourth-order valence-electron chi connectivity index (χ4n) is 4.38. The number of piperidine rings is 1. The molecule has 11 heteroatoms. The van der Waals surface area contributed by atoms with E-state index in [-0.39, 0.29) is 43.8 Å². The molecule has 1 heterocycles. The Bertz CT molecular complexity index is 1200. The zero-order chi connectivity index (χ0) is 26.7. The van der Waals surface area contributed by atoms with Crippen LogP contribution in [0.5, 0.6) is 17.2 Å². The zero-order valence-electron chi connectivity index (χ0n) is 20.3. The summed E-state index contributed by atoms with van der Waals surface area (Å²) in [4.78, 5) is 40.1. The maximum absolute atomic E-state index is 13.3. The summed E-state index contributed by atoms with van der Waals surface area (Å²) in [6.07, 6.45) is -0.962. The van der Waals surface area contributed by atoms with Gasteiger partial charge in [0.25, 0.3) is 0 Å². The SMILES string of the molecule is COC(=O)c1cc(Cl)c(C(=O)CC(=O)c2c(OC)cc(OC)c([C@H]3CCN(C)C[C@H]3O)c2O)cc1Cl. The van der Waals surface area contributed by atoms with E-state index in [1.165, 1.54) is 39.5 Å². The highest BCUT2D eigenvalue weighted by atomic mass is 35.5. The van der Waals surface area contributed by atoms with Crippen molar-refractivity contribution in [3.63, 3.8) is 0 Å². The maximum Gasteiger partial charge on any atom is 0.339 e. The highest BCUT2D eigenvalue weighted by Crippen LogP contribution is 2.46. The monoisotopic (exact) mass is 539 g/mol. The summed E-state index contributed by atoms with van der Waals surface area (Å²) in [5.41, 5.74) is -0.0252. The predicted octanol–water partition coefficient (Wildman–Crippen LogP) is 3.74. The van der Waals surface area contributed by atoms with Crippen molar-refractivity contribution in [1.29, 1.82) is 0 Å². The Morgan fingerprint density at radius 1 is 1.00 bits per heavy atom. The second kappa shape index (κ2) is 11.5. The van der Waals surface area contributed by atoms with Gasteiger partial charge >= 0.3 is 5.97 Å². The molecule has 1 saturated heterocycles. The van der Waals surface area contributed by atoms with Gasteiger partial charge in [0.05, 0.1) is 49.5 Å². The number of phenolic OH excluding ortho intramolecular Hbond substituents is 1. The summed E-state index contributed by atoms with van der Waals surface area (Å²) in [5.74, 6) is -2.78. The van der Waals surface area contributed by atoms with Gasteiger partial charge < -0.3 is 29.3 Å². The van der Waals surface area contributed by atoms with Crippen LogP contribution in [0.1, 0.15) is 55.4 Å². The molecule has 0 spiro atoms. The summed E-state index contributed by atoms with van der Waals surface area (Å²) in [5, 5.41) is 21.7. The van der Waals surface area contributed by atoms with Gasteiger partial charge in [0.1, 0.15) is 22.8 Å². The number of esters is 1. The van der Waals surface area contributed by atoms with E-state index < -0.39 is 41.7 Å². The lowest BCUT2D eigenvalue weighted by Crippen LogP contribution is -2.40. The second-order valence-corrected chi connectivity index (χ2v) is 9.28. The molecular weight excluding hydrogens is 513 g/mol. The molecule has 2 aromatic rings. The minimum Gasteiger partial charge on any atom is -0.507 e. The van der Waals surface area contributed by atoms with Crippen molar-refractivity contribution in [3.05, 3.63) is 50.5 Å². The number of hydrogen-bond donors (Lipinski definition) is 2. The molecule has 36 heavy (non-hydrogen) atoms. The Morgan fingerprint density at radius 3 is 2.19 bits per heavy atom. The molecule has 0 radical (unpaired) electrons. The van der Waals surface area contributed by atoms with Gasteiger partial charge in [-0.15, -0.1) is 0 Å². The minimum absolute atomic E-state index is 0.0125. The first-order chi connectivity index (χ1) is 17.0. The van der Waals surface area contributed by atoms with Crippen molar-refractivity contribution in [2.45, 2.75) is 24.9 Å². The Hall–Kier alpha value is -2.85. The number of ketones is 2. The number of likely N-dealkylation sites (tertiary alicyclic amines) is 1. The maximum atomic E-state index is 13.3. The summed E-state index contributed by atoms with van der Waals surface area (Å²) in [7, 11) is 5.78. The Morgan fingerprint density at radius 2 is 1.61 bits per heavy atom. The molecule has 3 rings (SSSR count). The van der Waals surface area contributed by atoms with Crippen LogP contribution >= 0.6 is 23.2 Å². The van der Waals surface area contributed by atoms with E-state index >= 15 is 0 Å². The zero-order valence-corrected chi connectivity index (χ0v) is 21.8. The predicted molar refractivity (Wildman–Crippen MR) is 133 cm³/mol. The van der Waals surface area contributed by atoms with Crippen LogP contribution < -0.4 is 9.47 Å². The van der Waals surface area contributed by atoms with E-state index in [1.54, 1.807) is 0 Å². The van der Waals surface area contributed by atoms with Crippen molar-refractivity contribution in [3.8, 4) is 17.2 Å². The summed E-state index contributed by atoms with van der Waals surface area (Å²) < 4.78 is 15.4. The van der Waals surface area contributed by atoms with Gasteiger partial charge in [-0.25, -0.2) is 4.79 Å². The van der Waals surface area contributed by atoms with E-state index in [1.807, 2.05) is 11.9 Å². The van der Waals surface area contributed by atoms with Crippen LogP contribution in [0.2, 0.25) is 10.0 Å². The van der Waals surface area contributed by atoms with Crippen LogP contribution in [0.15, 0.2) is 18.2 Å². The first-order valence-electron chi connectivity index (χ1n) is 11.0. The fourth-order valence-corrected chi connectivity index (χ4v) is 4.89. The number of ether oxygens (including phenoxy) is 3. The highest BCUT2D eigenvalue weighted by Gasteiger charge is 2.35. The van der Waals surface area contributed by atoms with E-state index in [0.29, 0.717) is 19.5 Å². The van der Waals surface area contributed by atoms with Crippen molar-refractivity contribution in [2.24, 2.45) is 0 Å². The Balaban J connectivity index is 2.00. The lowest BCUT2D eigenvalue weighted by molar-refractivity contribution is 0.0599. The van der Waals surface area contributed by atoms with Crippen molar-refractivity contribution in [1.82, 2.24) is 4.90 Å².